The average Bonchev–Trinajstić information content (AvgIpc) is 3.30. The lowest BCUT2D eigenvalue weighted by Gasteiger charge is -2.12. The van der Waals surface area contributed by atoms with Gasteiger partial charge in [-0.25, -0.2) is 4.98 Å². The van der Waals surface area contributed by atoms with E-state index in [1.54, 1.807) is 19.2 Å². The molecule has 6 nitrogen and oxygen atoms in total. The van der Waals surface area contributed by atoms with Crippen LogP contribution in [-0.2, 0) is 13.0 Å². The maximum atomic E-state index is 12.6. The lowest BCUT2D eigenvalue weighted by Crippen LogP contribution is -2.25. The van der Waals surface area contributed by atoms with E-state index in [2.05, 4.69) is 54.1 Å². The number of nitrogens with zero attached hydrogens (tertiary/aromatic N) is 2. The molecule has 4 rings (SSSR count). The number of para-hydroxylation sites is 3. The third kappa shape index (κ3) is 6.70. The van der Waals surface area contributed by atoms with Crippen LogP contribution >= 0.6 is 0 Å². The fraction of sp³-hybridized carbons (Fsp3) is 0.355. The molecule has 3 aromatic carbocycles. The standard InChI is InChI=1S/C31H37N3O3/c1-4-23(2)24-16-18-25(19-17-24)37-22-10-21-34-28-13-7-6-12-27(28)33-30(34)15-9-20-32-31(35)26-11-5-8-14-29(26)36-3/h5-8,11-14,16-19,23H,4,9-10,15,20-22H2,1-3H3,(H,32,35). The lowest BCUT2D eigenvalue weighted by molar-refractivity contribution is 0.0950. The van der Waals surface area contributed by atoms with Gasteiger partial charge in [-0.15, -0.1) is 0 Å². The number of amides is 1. The second-order valence-electron chi connectivity index (χ2n) is 9.31. The summed E-state index contributed by atoms with van der Waals surface area (Å²) in [6.07, 6.45) is 3.59. The van der Waals surface area contributed by atoms with Crippen LogP contribution in [0.1, 0.15) is 60.8 Å². The van der Waals surface area contributed by atoms with Crippen molar-refractivity contribution in [2.24, 2.45) is 0 Å². The smallest absolute Gasteiger partial charge is 0.255 e. The zero-order chi connectivity index (χ0) is 26.0. The predicted octanol–water partition coefficient (Wildman–Crippen LogP) is 6.39. The largest absolute Gasteiger partial charge is 0.496 e. The number of ether oxygens (including phenoxy) is 2. The minimum Gasteiger partial charge on any atom is -0.496 e. The van der Waals surface area contributed by atoms with Crippen LogP contribution in [0.25, 0.3) is 11.0 Å². The quantitative estimate of drug-likeness (QED) is 0.217. The van der Waals surface area contributed by atoms with Gasteiger partial charge in [-0.2, -0.15) is 0 Å². The number of imidazole rings is 1. The lowest BCUT2D eigenvalue weighted by atomic mass is 9.99. The van der Waals surface area contributed by atoms with Gasteiger partial charge in [-0.05, 0) is 67.1 Å². The van der Waals surface area contributed by atoms with E-state index in [0.717, 1.165) is 54.8 Å². The maximum Gasteiger partial charge on any atom is 0.255 e. The molecule has 0 aliphatic carbocycles. The number of hydrogen-bond acceptors (Lipinski definition) is 4. The van der Waals surface area contributed by atoms with E-state index in [1.807, 2.05) is 30.3 Å². The highest BCUT2D eigenvalue weighted by Crippen LogP contribution is 2.22. The van der Waals surface area contributed by atoms with Gasteiger partial charge in [0.05, 0.1) is 30.3 Å². The normalized spacial score (nSPS) is 11.9. The fourth-order valence-corrected chi connectivity index (χ4v) is 4.48. The molecule has 194 valence electrons. The summed E-state index contributed by atoms with van der Waals surface area (Å²) >= 11 is 0. The molecule has 0 aliphatic heterocycles. The molecule has 37 heavy (non-hydrogen) atoms. The second kappa shape index (κ2) is 12.9. The first kappa shape index (κ1) is 26.3. The van der Waals surface area contributed by atoms with Gasteiger partial charge in [-0.3, -0.25) is 4.79 Å². The molecule has 4 aromatic rings. The summed E-state index contributed by atoms with van der Waals surface area (Å²) in [5.74, 6) is 2.96. The fourth-order valence-electron chi connectivity index (χ4n) is 4.48. The van der Waals surface area contributed by atoms with Crippen LogP contribution in [-0.4, -0.2) is 35.7 Å². The molecule has 1 aromatic heterocycles. The Labute approximate surface area is 219 Å². The Morgan fingerprint density at radius 2 is 1.76 bits per heavy atom. The van der Waals surface area contributed by atoms with Gasteiger partial charge in [0.2, 0.25) is 0 Å². The van der Waals surface area contributed by atoms with Crippen molar-refractivity contribution in [3.8, 4) is 11.5 Å². The van der Waals surface area contributed by atoms with Crippen molar-refractivity contribution in [2.45, 2.75) is 52.0 Å². The van der Waals surface area contributed by atoms with Gasteiger partial charge in [0.1, 0.15) is 17.3 Å². The van der Waals surface area contributed by atoms with Crippen molar-refractivity contribution < 1.29 is 14.3 Å². The molecule has 0 bridgehead atoms. The topological polar surface area (TPSA) is 65.4 Å². The van der Waals surface area contributed by atoms with E-state index in [4.69, 9.17) is 14.5 Å². The first-order chi connectivity index (χ1) is 18.1. The Hall–Kier alpha value is -3.80. The van der Waals surface area contributed by atoms with Crippen LogP contribution in [0.4, 0.5) is 0 Å². The van der Waals surface area contributed by atoms with Crippen LogP contribution in [0.15, 0.2) is 72.8 Å². The van der Waals surface area contributed by atoms with Gasteiger partial charge >= 0.3 is 0 Å². The first-order valence-electron chi connectivity index (χ1n) is 13.2. The number of fused-ring (bicyclic) bond motifs is 1. The molecule has 0 spiro atoms. The van der Waals surface area contributed by atoms with E-state index in [1.165, 1.54) is 5.56 Å². The highest BCUT2D eigenvalue weighted by molar-refractivity contribution is 5.96. The average molecular weight is 500 g/mol. The number of carbonyl (C=O) groups excluding carboxylic acids is 1. The van der Waals surface area contributed by atoms with E-state index in [9.17, 15) is 4.79 Å². The second-order valence-corrected chi connectivity index (χ2v) is 9.31. The van der Waals surface area contributed by atoms with Crippen LogP contribution in [0.2, 0.25) is 0 Å². The van der Waals surface area contributed by atoms with Gasteiger partial charge in [-0.1, -0.05) is 50.2 Å². The maximum absolute atomic E-state index is 12.6. The third-order valence-electron chi connectivity index (χ3n) is 6.80. The van der Waals surface area contributed by atoms with Gasteiger partial charge in [0.25, 0.3) is 5.91 Å². The van der Waals surface area contributed by atoms with Crippen molar-refractivity contribution in [3.05, 3.63) is 89.7 Å². The molecule has 6 heteroatoms. The summed E-state index contributed by atoms with van der Waals surface area (Å²) in [6.45, 7) is 6.49. The Balaban J connectivity index is 1.31. The van der Waals surface area contributed by atoms with Gasteiger partial charge in [0.15, 0.2) is 0 Å². The monoisotopic (exact) mass is 499 g/mol. The number of aromatic nitrogens is 2. The number of benzene rings is 3. The molecule has 0 saturated carbocycles. The van der Waals surface area contributed by atoms with Crippen molar-refractivity contribution in [1.82, 2.24) is 14.9 Å². The van der Waals surface area contributed by atoms with Crippen LogP contribution in [0, 0.1) is 0 Å². The van der Waals surface area contributed by atoms with E-state index in [0.29, 0.717) is 30.4 Å². The van der Waals surface area contributed by atoms with Crippen molar-refractivity contribution in [3.63, 3.8) is 0 Å². The number of aryl methyl sites for hydroxylation is 2. The van der Waals surface area contributed by atoms with Crippen LogP contribution in [0.3, 0.4) is 0 Å². The zero-order valence-electron chi connectivity index (χ0n) is 22.1. The molecule has 0 radical (unpaired) electrons. The summed E-state index contributed by atoms with van der Waals surface area (Å²) < 4.78 is 13.6. The number of rotatable bonds is 13. The Morgan fingerprint density at radius 3 is 2.54 bits per heavy atom. The summed E-state index contributed by atoms with van der Waals surface area (Å²) in [6, 6.07) is 24.0. The van der Waals surface area contributed by atoms with E-state index in [-0.39, 0.29) is 5.91 Å². The van der Waals surface area contributed by atoms with Crippen LogP contribution in [0.5, 0.6) is 11.5 Å². The van der Waals surface area contributed by atoms with Crippen LogP contribution < -0.4 is 14.8 Å². The zero-order valence-corrected chi connectivity index (χ0v) is 22.1. The van der Waals surface area contributed by atoms with Crippen molar-refractivity contribution in [1.29, 1.82) is 0 Å². The SMILES string of the molecule is CCC(C)c1ccc(OCCCn2c(CCCNC(=O)c3ccccc3OC)nc3ccccc32)cc1. The molecular weight excluding hydrogens is 462 g/mol. The molecule has 1 atom stereocenters. The van der Waals surface area contributed by atoms with Crippen molar-refractivity contribution in [2.75, 3.05) is 20.3 Å². The predicted molar refractivity (Wildman–Crippen MR) is 149 cm³/mol. The molecule has 1 amide bonds. The molecule has 1 N–H and O–H groups in total. The minimum absolute atomic E-state index is 0.125. The summed E-state index contributed by atoms with van der Waals surface area (Å²) in [4.78, 5) is 17.5. The van der Waals surface area contributed by atoms with E-state index < -0.39 is 0 Å². The summed E-state index contributed by atoms with van der Waals surface area (Å²) in [5, 5.41) is 3.01. The third-order valence-corrected chi connectivity index (χ3v) is 6.80. The number of methoxy groups -OCH3 is 1. The Morgan fingerprint density at radius 1 is 1.00 bits per heavy atom. The molecule has 0 saturated heterocycles. The Kier molecular flexibility index (Phi) is 9.19. The molecule has 1 unspecified atom stereocenters. The molecule has 0 aliphatic rings. The van der Waals surface area contributed by atoms with E-state index >= 15 is 0 Å². The minimum atomic E-state index is -0.125. The molecule has 1 heterocycles. The molecular formula is C31H37N3O3. The highest BCUT2D eigenvalue weighted by Gasteiger charge is 2.13. The summed E-state index contributed by atoms with van der Waals surface area (Å²) in [5.41, 5.74) is 4.03. The summed E-state index contributed by atoms with van der Waals surface area (Å²) in [7, 11) is 1.57. The van der Waals surface area contributed by atoms with Gasteiger partial charge < -0.3 is 19.4 Å². The number of hydrogen-bond donors (Lipinski definition) is 1. The van der Waals surface area contributed by atoms with Crippen molar-refractivity contribution >= 4 is 16.9 Å². The first-order valence-corrected chi connectivity index (χ1v) is 13.2. The number of nitrogens with one attached hydrogen (secondary N) is 1. The van der Waals surface area contributed by atoms with Gasteiger partial charge in [0, 0.05) is 19.5 Å². The Bertz CT molecular complexity index is 1300. The number of carbonyl (C=O) groups is 1. The molecule has 0 fully saturated rings. The highest BCUT2D eigenvalue weighted by atomic mass is 16.5.